The number of hydrogen-bond acceptors (Lipinski definition) is 3. The zero-order valence-corrected chi connectivity index (χ0v) is 9.56. The summed E-state index contributed by atoms with van der Waals surface area (Å²) in [6.45, 7) is 0.00468. The Bertz CT molecular complexity index is 421. The van der Waals surface area contributed by atoms with E-state index in [2.05, 4.69) is 17.5 Å². The summed E-state index contributed by atoms with van der Waals surface area (Å²) in [4.78, 5) is 11.6. The topological polar surface area (TPSA) is 64.3 Å². The van der Waals surface area contributed by atoms with E-state index in [1.165, 1.54) is 0 Å². The van der Waals surface area contributed by atoms with Crippen LogP contribution in [-0.4, -0.2) is 18.6 Å². The smallest absolute Gasteiger partial charge is 0.258 e. The number of carbonyl (C=O) groups excluding carboxylic acids is 1. The summed E-state index contributed by atoms with van der Waals surface area (Å²) in [6.07, 6.45) is 5.94. The highest BCUT2D eigenvalue weighted by molar-refractivity contribution is 5.78. The maximum absolute atomic E-state index is 11.6. The lowest BCUT2D eigenvalue weighted by atomic mass is 10.2. The van der Waals surface area contributed by atoms with Gasteiger partial charge < -0.3 is 15.8 Å². The first-order chi connectivity index (χ1) is 8.25. The summed E-state index contributed by atoms with van der Waals surface area (Å²) < 4.78 is 5.35. The molecule has 17 heavy (non-hydrogen) atoms. The van der Waals surface area contributed by atoms with Crippen molar-refractivity contribution in [2.45, 2.75) is 18.9 Å². The number of nitrogens with two attached hydrogens (primary N) is 1. The van der Waals surface area contributed by atoms with Crippen molar-refractivity contribution in [1.29, 1.82) is 0 Å². The third-order valence-electron chi connectivity index (χ3n) is 2.65. The zero-order chi connectivity index (χ0) is 12.1. The van der Waals surface area contributed by atoms with Gasteiger partial charge in [-0.25, -0.2) is 0 Å². The Hall–Kier alpha value is -1.97. The van der Waals surface area contributed by atoms with Crippen molar-refractivity contribution in [2.75, 3.05) is 12.3 Å². The SMILES string of the molecule is Nc1ccccc1OCC(=O)NC1CC=CC1. The van der Waals surface area contributed by atoms with Gasteiger partial charge in [-0.05, 0) is 25.0 Å². The van der Waals surface area contributed by atoms with Gasteiger partial charge in [-0.2, -0.15) is 0 Å². The number of ether oxygens (including phenoxy) is 1. The van der Waals surface area contributed by atoms with Crippen molar-refractivity contribution in [3.63, 3.8) is 0 Å². The van der Waals surface area contributed by atoms with Crippen LogP contribution in [0, 0.1) is 0 Å². The molecule has 0 aliphatic heterocycles. The molecule has 2 rings (SSSR count). The third kappa shape index (κ3) is 3.24. The molecule has 0 radical (unpaired) electrons. The van der Waals surface area contributed by atoms with Crippen molar-refractivity contribution < 1.29 is 9.53 Å². The van der Waals surface area contributed by atoms with Gasteiger partial charge in [0.1, 0.15) is 5.75 Å². The van der Waals surface area contributed by atoms with Crippen molar-refractivity contribution in [1.82, 2.24) is 5.32 Å². The Morgan fingerprint density at radius 3 is 2.76 bits per heavy atom. The molecule has 4 nitrogen and oxygen atoms in total. The molecule has 0 aromatic heterocycles. The number of carbonyl (C=O) groups is 1. The van der Waals surface area contributed by atoms with Crippen LogP contribution in [0.4, 0.5) is 5.69 Å². The second kappa shape index (κ2) is 5.39. The lowest BCUT2D eigenvalue weighted by Gasteiger charge is -2.13. The molecule has 0 heterocycles. The standard InChI is InChI=1S/C13H16N2O2/c14-11-7-3-4-8-12(11)17-9-13(16)15-10-5-1-2-6-10/h1-4,7-8,10H,5-6,9,14H2,(H,15,16). The summed E-state index contributed by atoms with van der Waals surface area (Å²) in [6, 6.07) is 7.37. The maximum atomic E-state index is 11.6. The average molecular weight is 232 g/mol. The second-order valence-electron chi connectivity index (χ2n) is 4.03. The van der Waals surface area contributed by atoms with E-state index in [1.54, 1.807) is 12.1 Å². The highest BCUT2D eigenvalue weighted by Gasteiger charge is 2.13. The molecule has 4 heteroatoms. The van der Waals surface area contributed by atoms with Crippen LogP contribution in [-0.2, 0) is 4.79 Å². The molecule has 0 unspecified atom stereocenters. The highest BCUT2D eigenvalue weighted by atomic mass is 16.5. The quantitative estimate of drug-likeness (QED) is 0.610. The van der Waals surface area contributed by atoms with Crippen molar-refractivity contribution in [3.05, 3.63) is 36.4 Å². The summed E-state index contributed by atoms with van der Waals surface area (Å²) >= 11 is 0. The number of rotatable bonds is 4. The molecule has 0 fully saturated rings. The van der Waals surface area contributed by atoms with Crippen LogP contribution in [0.5, 0.6) is 5.75 Å². The number of nitrogen functional groups attached to an aromatic ring is 1. The molecule has 1 aliphatic carbocycles. The number of benzene rings is 1. The summed E-state index contributed by atoms with van der Waals surface area (Å²) in [5, 5.41) is 2.90. The minimum absolute atomic E-state index is 0.00468. The van der Waals surface area contributed by atoms with Gasteiger partial charge >= 0.3 is 0 Å². The first-order valence-corrected chi connectivity index (χ1v) is 5.67. The van der Waals surface area contributed by atoms with Crippen LogP contribution in [0.3, 0.4) is 0 Å². The Kier molecular flexibility index (Phi) is 3.65. The molecule has 0 atom stereocenters. The molecule has 0 saturated carbocycles. The van der Waals surface area contributed by atoms with Crippen LogP contribution < -0.4 is 15.8 Å². The maximum Gasteiger partial charge on any atom is 0.258 e. The molecule has 3 N–H and O–H groups in total. The number of hydrogen-bond donors (Lipinski definition) is 2. The molecule has 1 amide bonds. The molecule has 0 saturated heterocycles. The molecule has 90 valence electrons. The van der Waals surface area contributed by atoms with E-state index in [1.807, 2.05) is 12.1 Å². The van der Waals surface area contributed by atoms with Gasteiger partial charge in [0.25, 0.3) is 5.91 Å². The molecular formula is C13H16N2O2. The number of anilines is 1. The minimum Gasteiger partial charge on any atom is -0.482 e. The molecule has 1 aliphatic rings. The van der Waals surface area contributed by atoms with Gasteiger partial charge in [-0.1, -0.05) is 24.3 Å². The monoisotopic (exact) mass is 232 g/mol. The van der Waals surface area contributed by atoms with E-state index in [0.29, 0.717) is 11.4 Å². The Morgan fingerprint density at radius 2 is 2.06 bits per heavy atom. The fraction of sp³-hybridized carbons (Fsp3) is 0.308. The van der Waals surface area contributed by atoms with Crippen LogP contribution in [0.15, 0.2) is 36.4 Å². The Labute approximate surface area is 100 Å². The molecule has 1 aromatic carbocycles. The van der Waals surface area contributed by atoms with E-state index < -0.39 is 0 Å². The van der Waals surface area contributed by atoms with Crippen LogP contribution >= 0.6 is 0 Å². The summed E-state index contributed by atoms with van der Waals surface area (Å²) in [7, 11) is 0. The van der Waals surface area contributed by atoms with Gasteiger partial charge in [0, 0.05) is 6.04 Å². The van der Waals surface area contributed by atoms with E-state index in [-0.39, 0.29) is 18.6 Å². The van der Waals surface area contributed by atoms with Gasteiger partial charge in [-0.3, -0.25) is 4.79 Å². The Balaban J connectivity index is 1.78. The number of para-hydroxylation sites is 2. The fourth-order valence-electron chi connectivity index (χ4n) is 1.76. The minimum atomic E-state index is -0.109. The third-order valence-corrected chi connectivity index (χ3v) is 2.65. The number of nitrogens with one attached hydrogen (secondary N) is 1. The first-order valence-electron chi connectivity index (χ1n) is 5.67. The molecule has 0 bridgehead atoms. The van der Waals surface area contributed by atoms with E-state index >= 15 is 0 Å². The fourth-order valence-corrected chi connectivity index (χ4v) is 1.76. The zero-order valence-electron chi connectivity index (χ0n) is 9.56. The van der Waals surface area contributed by atoms with E-state index in [0.717, 1.165) is 12.8 Å². The van der Waals surface area contributed by atoms with Crippen LogP contribution in [0.1, 0.15) is 12.8 Å². The second-order valence-corrected chi connectivity index (χ2v) is 4.03. The first kappa shape index (κ1) is 11.5. The summed E-state index contributed by atoms with van der Waals surface area (Å²) in [5.41, 5.74) is 6.25. The van der Waals surface area contributed by atoms with Crippen molar-refractivity contribution in [2.24, 2.45) is 0 Å². The summed E-state index contributed by atoms with van der Waals surface area (Å²) in [5.74, 6) is 0.439. The lowest BCUT2D eigenvalue weighted by Crippen LogP contribution is -2.36. The van der Waals surface area contributed by atoms with Gasteiger partial charge in [0.15, 0.2) is 6.61 Å². The molecule has 0 spiro atoms. The predicted octanol–water partition coefficient (Wildman–Crippen LogP) is 1.48. The lowest BCUT2D eigenvalue weighted by molar-refractivity contribution is -0.123. The molecular weight excluding hydrogens is 216 g/mol. The Morgan fingerprint density at radius 1 is 1.35 bits per heavy atom. The predicted molar refractivity (Wildman–Crippen MR) is 66.7 cm³/mol. The van der Waals surface area contributed by atoms with E-state index in [9.17, 15) is 4.79 Å². The van der Waals surface area contributed by atoms with E-state index in [4.69, 9.17) is 10.5 Å². The van der Waals surface area contributed by atoms with Gasteiger partial charge in [0.2, 0.25) is 0 Å². The average Bonchev–Trinajstić information content (AvgIpc) is 2.81. The van der Waals surface area contributed by atoms with Gasteiger partial charge in [-0.15, -0.1) is 0 Å². The van der Waals surface area contributed by atoms with Crippen molar-refractivity contribution in [3.8, 4) is 5.75 Å². The normalized spacial score (nSPS) is 14.8. The molecule has 1 aromatic rings. The van der Waals surface area contributed by atoms with Gasteiger partial charge in [0.05, 0.1) is 5.69 Å². The number of amides is 1. The van der Waals surface area contributed by atoms with Crippen LogP contribution in [0.25, 0.3) is 0 Å². The van der Waals surface area contributed by atoms with Crippen molar-refractivity contribution >= 4 is 11.6 Å². The largest absolute Gasteiger partial charge is 0.482 e. The van der Waals surface area contributed by atoms with Crippen LogP contribution in [0.2, 0.25) is 0 Å². The highest BCUT2D eigenvalue weighted by Crippen LogP contribution is 2.19.